The maximum Gasteiger partial charge on any atom is 0.145 e. The average Bonchev–Trinajstić information content (AvgIpc) is 2.92. The minimum atomic E-state index is 0.213. The predicted octanol–water partition coefficient (Wildman–Crippen LogP) is 3.30. The van der Waals surface area contributed by atoms with Gasteiger partial charge in [-0.25, -0.2) is 0 Å². The first kappa shape index (κ1) is 14.9. The number of aliphatic hydroxyl groups is 1. The largest absolute Gasteiger partial charge is 0.487 e. The Hall–Kier alpha value is -1.00. The minimum Gasteiger partial charge on any atom is -0.487 e. The molecule has 21 heavy (non-hydrogen) atoms. The number of halogens is 2. The molecule has 0 amide bonds. The normalized spacial score (nSPS) is 23.7. The molecule has 112 valence electrons. The van der Waals surface area contributed by atoms with E-state index >= 15 is 0 Å². The van der Waals surface area contributed by atoms with Crippen molar-refractivity contribution in [1.29, 1.82) is 0 Å². The fourth-order valence-electron chi connectivity index (χ4n) is 2.69. The summed E-state index contributed by atoms with van der Waals surface area (Å²) in [5.41, 5.74) is 2.08. The van der Waals surface area contributed by atoms with E-state index in [1.54, 1.807) is 6.07 Å². The molecule has 0 radical (unpaired) electrons. The van der Waals surface area contributed by atoms with Gasteiger partial charge in [-0.15, -0.1) is 0 Å². The van der Waals surface area contributed by atoms with Crippen molar-refractivity contribution in [2.75, 3.05) is 19.8 Å². The zero-order chi connectivity index (χ0) is 14.8. The van der Waals surface area contributed by atoms with Gasteiger partial charge in [-0.3, -0.25) is 0 Å². The van der Waals surface area contributed by atoms with Crippen LogP contribution in [-0.2, 0) is 0 Å². The monoisotopic (exact) mass is 325 g/mol. The van der Waals surface area contributed by atoms with Crippen LogP contribution < -0.4 is 10.1 Å². The van der Waals surface area contributed by atoms with Gasteiger partial charge in [0.05, 0.1) is 5.02 Å². The van der Waals surface area contributed by atoms with Crippen LogP contribution in [0.3, 0.4) is 0 Å². The highest BCUT2D eigenvalue weighted by molar-refractivity contribution is 6.36. The molecule has 2 aliphatic rings. The number of fused-ring (bicyclic) bond motifs is 1. The zero-order valence-electron chi connectivity index (χ0n) is 11.5. The maximum atomic E-state index is 9.13. The number of rotatable bonds is 4. The van der Waals surface area contributed by atoms with E-state index in [2.05, 4.69) is 23.5 Å². The molecule has 0 bridgehead atoms. The van der Waals surface area contributed by atoms with Crippen molar-refractivity contribution in [2.45, 2.75) is 12.5 Å². The Kier molecular flexibility index (Phi) is 4.55. The molecule has 3 rings (SSSR count). The Bertz CT molecular complexity index is 598. The fourth-order valence-corrected chi connectivity index (χ4v) is 3.26. The lowest BCUT2D eigenvalue weighted by molar-refractivity contribution is 0.246. The highest BCUT2D eigenvalue weighted by Crippen LogP contribution is 2.36. The summed E-state index contributed by atoms with van der Waals surface area (Å²) in [6.45, 7) is 1.49. The second-order valence-electron chi connectivity index (χ2n) is 5.45. The first-order valence-corrected chi connectivity index (χ1v) is 7.75. The number of benzene rings is 1. The molecule has 1 aromatic carbocycles. The molecule has 2 atom stereocenters. The third-order valence-corrected chi connectivity index (χ3v) is 4.30. The van der Waals surface area contributed by atoms with Gasteiger partial charge in [0.2, 0.25) is 0 Å². The van der Waals surface area contributed by atoms with E-state index in [0.29, 0.717) is 28.4 Å². The Balaban J connectivity index is 1.65. The lowest BCUT2D eigenvalue weighted by Gasteiger charge is -2.21. The Morgan fingerprint density at radius 1 is 1.29 bits per heavy atom. The molecule has 0 saturated carbocycles. The molecule has 5 heteroatoms. The van der Waals surface area contributed by atoms with Crippen molar-refractivity contribution in [3.05, 3.63) is 45.5 Å². The maximum absolute atomic E-state index is 9.13. The van der Waals surface area contributed by atoms with Gasteiger partial charge in [-0.2, -0.15) is 0 Å². The summed E-state index contributed by atoms with van der Waals surface area (Å²) in [7, 11) is 0. The van der Waals surface area contributed by atoms with E-state index < -0.39 is 0 Å². The summed E-state index contributed by atoms with van der Waals surface area (Å²) >= 11 is 12.1. The highest BCUT2D eigenvalue weighted by Gasteiger charge is 2.19. The second-order valence-corrected chi connectivity index (χ2v) is 6.29. The number of ether oxygens (including phenoxy) is 1. The number of nitrogens with one attached hydrogen (secondary N) is 1. The molecule has 3 nitrogen and oxygen atoms in total. The average molecular weight is 326 g/mol. The van der Waals surface area contributed by atoms with Crippen LogP contribution in [0.1, 0.15) is 12.0 Å². The van der Waals surface area contributed by atoms with Gasteiger partial charge >= 0.3 is 0 Å². The fraction of sp³-hybridized carbons (Fsp3) is 0.375. The van der Waals surface area contributed by atoms with Crippen LogP contribution in [0.15, 0.2) is 29.9 Å². The summed E-state index contributed by atoms with van der Waals surface area (Å²) in [4.78, 5) is 0. The summed E-state index contributed by atoms with van der Waals surface area (Å²) in [5, 5.41) is 13.7. The lowest BCUT2D eigenvalue weighted by atomic mass is 10.1. The van der Waals surface area contributed by atoms with E-state index in [-0.39, 0.29) is 12.5 Å². The van der Waals surface area contributed by atoms with Gasteiger partial charge in [0.15, 0.2) is 0 Å². The van der Waals surface area contributed by atoms with Crippen LogP contribution in [0.2, 0.25) is 10.0 Å². The van der Waals surface area contributed by atoms with E-state index in [1.807, 2.05) is 6.07 Å². The molecule has 0 aromatic heterocycles. The summed E-state index contributed by atoms with van der Waals surface area (Å²) in [6.07, 6.45) is 7.20. The Morgan fingerprint density at radius 2 is 2.14 bits per heavy atom. The van der Waals surface area contributed by atoms with Crippen molar-refractivity contribution < 1.29 is 9.84 Å². The van der Waals surface area contributed by atoms with E-state index in [4.69, 9.17) is 33.0 Å². The van der Waals surface area contributed by atoms with E-state index in [0.717, 1.165) is 24.1 Å². The topological polar surface area (TPSA) is 41.5 Å². The van der Waals surface area contributed by atoms with Crippen LogP contribution in [0.25, 0.3) is 6.08 Å². The van der Waals surface area contributed by atoms with Crippen molar-refractivity contribution >= 4 is 29.3 Å². The van der Waals surface area contributed by atoms with Gasteiger partial charge in [0, 0.05) is 35.7 Å². The third-order valence-electron chi connectivity index (χ3n) is 3.80. The first-order valence-electron chi connectivity index (χ1n) is 6.99. The standard InChI is InChI=1S/C16H17Cl2NO2/c17-13-5-12-3-11(9-21-16(12)15(18)6-13)7-19-14-2-1-10(4-14)8-20/h1-3,5-6,10,14,19-20H,4,7-9H2/t10-,14+/m0/s1. The molecule has 1 heterocycles. The molecule has 2 N–H and O–H groups in total. The predicted molar refractivity (Wildman–Crippen MR) is 86.1 cm³/mol. The quantitative estimate of drug-likeness (QED) is 0.834. The smallest absolute Gasteiger partial charge is 0.145 e. The van der Waals surface area contributed by atoms with Gasteiger partial charge in [0.1, 0.15) is 12.4 Å². The van der Waals surface area contributed by atoms with Crippen LogP contribution in [-0.4, -0.2) is 30.9 Å². The van der Waals surface area contributed by atoms with E-state index in [1.165, 1.54) is 0 Å². The zero-order valence-corrected chi connectivity index (χ0v) is 13.0. The summed E-state index contributed by atoms with van der Waals surface area (Å²) in [5.74, 6) is 0.975. The number of aliphatic hydroxyl groups excluding tert-OH is 1. The highest BCUT2D eigenvalue weighted by atomic mass is 35.5. The summed E-state index contributed by atoms with van der Waals surface area (Å²) in [6, 6.07) is 3.86. The van der Waals surface area contributed by atoms with Crippen molar-refractivity contribution in [2.24, 2.45) is 5.92 Å². The van der Waals surface area contributed by atoms with Crippen molar-refractivity contribution in [3.63, 3.8) is 0 Å². The minimum absolute atomic E-state index is 0.213. The lowest BCUT2D eigenvalue weighted by Crippen LogP contribution is -2.30. The molecular weight excluding hydrogens is 309 g/mol. The summed E-state index contributed by atoms with van der Waals surface area (Å²) < 4.78 is 5.72. The molecule has 0 saturated heterocycles. The van der Waals surface area contributed by atoms with Crippen molar-refractivity contribution in [1.82, 2.24) is 5.32 Å². The van der Waals surface area contributed by atoms with Crippen LogP contribution in [0, 0.1) is 5.92 Å². The third kappa shape index (κ3) is 3.43. The van der Waals surface area contributed by atoms with Crippen LogP contribution in [0.5, 0.6) is 5.75 Å². The van der Waals surface area contributed by atoms with Gasteiger partial charge in [-0.05, 0) is 30.2 Å². The number of hydrogen-bond acceptors (Lipinski definition) is 3. The van der Waals surface area contributed by atoms with Gasteiger partial charge in [-0.1, -0.05) is 35.4 Å². The first-order chi connectivity index (χ1) is 10.2. The van der Waals surface area contributed by atoms with Gasteiger partial charge in [0.25, 0.3) is 0 Å². The van der Waals surface area contributed by atoms with Crippen LogP contribution in [0.4, 0.5) is 0 Å². The molecule has 0 spiro atoms. The SMILES string of the molecule is OC[C@H]1C=C[C@@H](NCC2=Cc3cc(Cl)cc(Cl)c3OC2)C1. The molecule has 0 fully saturated rings. The molecule has 0 unspecified atom stereocenters. The molecule has 1 aromatic rings. The van der Waals surface area contributed by atoms with E-state index in [9.17, 15) is 0 Å². The second kappa shape index (κ2) is 6.41. The van der Waals surface area contributed by atoms with Crippen molar-refractivity contribution in [3.8, 4) is 5.75 Å². The van der Waals surface area contributed by atoms with Gasteiger partial charge < -0.3 is 15.2 Å². The molecular formula is C16H17Cl2NO2. The van der Waals surface area contributed by atoms with Crippen LogP contribution >= 0.6 is 23.2 Å². The Morgan fingerprint density at radius 3 is 2.90 bits per heavy atom. The molecule has 1 aliphatic carbocycles. The Labute approximate surface area is 134 Å². The molecule has 1 aliphatic heterocycles. The number of hydrogen-bond donors (Lipinski definition) is 2.